The van der Waals surface area contributed by atoms with E-state index in [-0.39, 0.29) is 24.5 Å². The number of benzene rings is 1. The van der Waals surface area contributed by atoms with Gasteiger partial charge < -0.3 is 14.8 Å². The molecule has 0 atom stereocenters. The minimum Gasteiger partial charge on any atom is -0.454 e. The van der Waals surface area contributed by atoms with Crippen LogP contribution in [-0.4, -0.2) is 30.1 Å². The molecule has 8 heteroatoms. The Labute approximate surface area is 161 Å². The van der Waals surface area contributed by atoms with Gasteiger partial charge in [-0.15, -0.1) is 0 Å². The zero-order valence-corrected chi connectivity index (χ0v) is 16.1. The summed E-state index contributed by atoms with van der Waals surface area (Å²) in [4.78, 5) is 31.6. The summed E-state index contributed by atoms with van der Waals surface area (Å²) in [7, 11) is 0. The molecule has 2 aliphatic rings. The maximum atomic E-state index is 12.8. The Hall–Kier alpha value is -2.61. The van der Waals surface area contributed by atoms with Crippen LogP contribution in [0.1, 0.15) is 53.5 Å². The van der Waals surface area contributed by atoms with Crippen LogP contribution in [0.15, 0.2) is 18.2 Å². The molecule has 1 fully saturated rings. The van der Waals surface area contributed by atoms with E-state index in [1.54, 1.807) is 4.90 Å². The third kappa shape index (κ3) is 3.49. The van der Waals surface area contributed by atoms with Crippen molar-refractivity contribution in [1.29, 1.82) is 0 Å². The highest BCUT2D eigenvalue weighted by Crippen LogP contribution is 2.34. The summed E-state index contributed by atoms with van der Waals surface area (Å²) >= 11 is 1.29. The second-order valence-electron chi connectivity index (χ2n) is 6.88. The average molecular weight is 387 g/mol. The van der Waals surface area contributed by atoms with Crippen molar-refractivity contribution in [3.8, 4) is 11.5 Å². The number of rotatable bonds is 5. The maximum Gasteiger partial charge on any atom is 0.263 e. The Morgan fingerprint density at radius 3 is 2.89 bits per heavy atom. The Morgan fingerprint density at radius 1 is 1.33 bits per heavy atom. The summed E-state index contributed by atoms with van der Waals surface area (Å²) in [6, 6.07) is 5.61. The monoisotopic (exact) mass is 387 g/mol. The van der Waals surface area contributed by atoms with Crippen LogP contribution in [0.2, 0.25) is 0 Å². The van der Waals surface area contributed by atoms with Crippen LogP contribution in [0.5, 0.6) is 11.5 Å². The molecule has 2 aromatic rings. The lowest BCUT2D eigenvalue weighted by atomic mass is 10.1. The number of ether oxygens (including phenoxy) is 2. The smallest absolute Gasteiger partial charge is 0.263 e. The van der Waals surface area contributed by atoms with E-state index in [0.29, 0.717) is 35.3 Å². The van der Waals surface area contributed by atoms with E-state index in [0.717, 1.165) is 23.4 Å². The molecule has 27 heavy (non-hydrogen) atoms. The van der Waals surface area contributed by atoms with E-state index in [9.17, 15) is 9.59 Å². The fourth-order valence-corrected chi connectivity index (χ4v) is 4.33. The van der Waals surface area contributed by atoms with Crippen LogP contribution in [0, 0.1) is 0 Å². The molecule has 4 rings (SSSR count). The largest absolute Gasteiger partial charge is 0.454 e. The van der Waals surface area contributed by atoms with Gasteiger partial charge in [-0.2, -0.15) is 0 Å². The Bertz CT molecular complexity index is 893. The van der Waals surface area contributed by atoms with Gasteiger partial charge in [-0.3, -0.25) is 14.5 Å². The van der Waals surface area contributed by atoms with Gasteiger partial charge in [0.2, 0.25) is 12.7 Å². The fraction of sp³-hybridized carbons (Fsp3) is 0.421. The highest BCUT2D eigenvalue weighted by molar-refractivity contribution is 7.17. The van der Waals surface area contributed by atoms with Gasteiger partial charge in [-0.1, -0.05) is 31.3 Å². The summed E-state index contributed by atoms with van der Waals surface area (Å²) in [6.45, 7) is 5.27. The zero-order chi connectivity index (χ0) is 19.0. The third-order valence-corrected chi connectivity index (χ3v) is 5.68. The quantitative estimate of drug-likeness (QED) is 0.853. The van der Waals surface area contributed by atoms with Crippen molar-refractivity contribution in [1.82, 2.24) is 10.3 Å². The summed E-state index contributed by atoms with van der Waals surface area (Å²) in [5, 5.41) is 3.57. The number of thiazole rings is 1. The number of carbonyl (C=O) groups excluding carboxylic acids is 2. The van der Waals surface area contributed by atoms with Crippen LogP contribution in [-0.2, 0) is 11.3 Å². The van der Waals surface area contributed by atoms with Gasteiger partial charge in [0.15, 0.2) is 16.6 Å². The van der Waals surface area contributed by atoms with Crippen LogP contribution in [0.25, 0.3) is 0 Å². The second kappa shape index (κ2) is 7.19. The van der Waals surface area contributed by atoms with Gasteiger partial charge in [-0.25, -0.2) is 4.98 Å². The standard InChI is InChI=1S/C19H21N3O4S/c1-11(2)16-17(27-19(21-16)22-7-3-4-15(22)23)18(24)20-9-12-5-6-13-14(8-12)26-10-25-13/h5-6,8,11H,3-4,7,9-10H2,1-2H3,(H,20,24). The van der Waals surface area contributed by atoms with Gasteiger partial charge >= 0.3 is 0 Å². The molecule has 1 aromatic carbocycles. The molecule has 1 aromatic heterocycles. The molecule has 142 valence electrons. The normalized spacial score (nSPS) is 15.7. The first-order chi connectivity index (χ1) is 13.0. The van der Waals surface area contributed by atoms with Crippen molar-refractivity contribution in [3.63, 3.8) is 0 Å². The molecule has 7 nitrogen and oxygen atoms in total. The molecule has 1 N–H and O–H groups in total. The lowest BCUT2D eigenvalue weighted by Gasteiger charge is -2.10. The predicted octanol–water partition coefficient (Wildman–Crippen LogP) is 3.05. The number of nitrogens with one attached hydrogen (secondary N) is 1. The minimum atomic E-state index is -0.174. The van der Waals surface area contributed by atoms with Gasteiger partial charge in [-0.05, 0) is 30.0 Å². The summed E-state index contributed by atoms with van der Waals surface area (Å²) < 4.78 is 10.7. The predicted molar refractivity (Wildman–Crippen MR) is 102 cm³/mol. The van der Waals surface area contributed by atoms with E-state index >= 15 is 0 Å². The molecule has 0 unspecified atom stereocenters. The van der Waals surface area contributed by atoms with Crippen molar-refractivity contribution in [2.75, 3.05) is 18.2 Å². The number of amides is 2. The van der Waals surface area contributed by atoms with E-state index < -0.39 is 0 Å². The first kappa shape index (κ1) is 17.8. The molecule has 0 aliphatic carbocycles. The van der Waals surface area contributed by atoms with Crippen LogP contribution >= 0.6 is 11.3 Å². The molecule has 0 bridgehead atoms. The van der Waals surface area contributed by atoms with Crippen molar-refractivity contribution >= 4 is 28.3 Å². The molecule has 1 saturated heterocycles. The molecular formula is C19H21N3O4S. The maximum absolute atomic E-state index is 12.8. The molecule has 0 spiro atoms. The van der Waals surface area contributed by atoms with Crippen LogP contribution in [0.4, 0.5) is 5.13 Å². The van der Waals surface area contributed by atoms with Gasteiger partial charge in [0.1, 0.15) is 4.88 Å². The van der Waals surface area contributed by atoms with Crippen LogP contribution in [0.3, 0.4) is 0 Å². The number of hydrogen-bond acceptors (Lipinski definition) is 6. The first-order valence-corrected chi connectivity index (χ1v) is 9.82. The van der Waals surface area contributed by atoms with E-state index in [2.05, 4.69) is 10.3 Å². The Kier molecular flexibility index (Phi) is 4.73. The summed E-state index contributed by atoms with van der Waals surface area (Å²) in [5.41, 5.74) is 1.66. The summed E-state index contributed by atoms with van der Waals surface area (Å²) in [5.74, 6) is 1.41. The highest BCUT2D eigenvalue weighted by atomic mass is 32.1. The Balaban J connectivity index is 1.50. The fourth-order valence-electron chi connectivity index (χ4n) is 3.15. The number of carbonyl (C=O) groups is 2. The molecule has 0 radical (unpaired) electrons. The first-order valence-electron chi connectivity index (χ1n) is 9.00. The molecule has 2 aliphatic heterocycles. The van der Waals surface area contributed by atoms with Crippen molar-refractivity contribution in [2.24, 2.45) is 0 Å². The topological polar surface area (TPSA) is 80.8 Å². The Morgan fingerprint density at radius 2 is 2.15 bits per heavy atom. The SMILES string of the molecule is CC(C)c1nc(N2CCCC2=O)sc1C(=O)NCc1ccc2c(c1)OCO2. The van der Waals surface area contributed by atoms with E-state index in [1.165, 1.54) is 11.3 Å². The minimum absolute atomic E-state index is 0.0753. The van der Waals surface area contributed by atoms with Crippen molar-refractivity contribution < 1.29 is 19.1 Å². The van der Waals surface area contributed by atoms with Gasteiger partial charge in [0, 0.05) is 19.5 Å². The number of anilines is 1. The van der Waals surface area contributed by atoms with E-state index in [4.69, 9.17) is 9.47 Å². The second-order valence-corrected chi connectivity index (χ2v) is 7.86. The number of fused-ring (bicyclic) bond motifs is 1. The number of hydrogen-bond donors (Lipinski definition) is 1. The van der Waals surface area contributed by atoms with Crippen molar-refractivity contribution in [2.45, 2.75) is 39.2 Å². The lowest BCUT2D eigenvalue weighted by molar-refractivity contribution is -0.117. The zero-order valence-electron chi connectivity index (χ0n) is 15.3. The number of aromatic nitrogens is 1. The lowest BCUT2D eigenvalue weighted by Crippen LogP contribution is -2.23. The third-order valence-electron chi connectivity index (χ3n) is 4.59. The summed E-state index contributed by atoms with van der Waals surface area (Å²) in [6.07, 6.45) is 1.38. The van der Waals surface area contributed by atoms with Crippen LogP contribution < -0.4 is 19.7 Å². The molecule has 3 heterocycles. The molecular weight excluding hydrogens is 366 g/mol. The van der Waals surface area contributed by atoms with E-state index in [1.807, 2.05) is 32.0 Å². The molecule has 0 saturated carbocycles. The number of nitrogens with zero attached hydrogens (tertiary/aromatic N) is 2. The van der Waals surface area contributed by atoms with Gasteiger partial charge in [0.05, 0.1) is 5.69 Å². The highest BCUT2D eigenvalue weighted by Gasteiger charge is 2.28. The average Bonchev–Trinajstić information content (AvgIpc) is 3.37. The van der Waals surface area contributed by atoms with Crippen molar-refractivity contribution in [3.05, 3.63) is 34.3 Å². The molecule has 2 amide bonds. The van der Waals surface area contributed by atoms with Gasteiger partial charge in [0.25, 0.3) is 5.91 Å².